The number of aromatic hydroxyl groups is 1. The fraction of sp³-hybridized carbons (Fsp3) is 0.500. The number of phenols is 1. The van der Waals surface area contributed by atoms with E-state index in [2.05, 4.69) is 6.92 Å². The highest BCUT2D eigenvalue weighted by atomic mass is 32.2. The van der Waals surface area contributed by atoms with E-state index < -0.39 is 20.8 Å². The van der Waals surface area contributed by atoms with Crippen LogP contribution in [0.25, 0.3) is 0 Å². The summed E-state index contributed by atoms with van der Waals surface area (Å²) in [5.41, 5.74) is 0.974. The first-order valence-corrected chi connectivity index (χ1v) is 12.4. The van der Waals surface area contributed by atoms with Gasteiger partial charge < -0.3 is 9.84 Å². The zero-order chi connectivity index (χ0) is 21.8. The van der Waals surface area contributed by atoms with Gasteiger partial charge in [-0.05, 0) is 36.6 Å². The van der Waals surface area contributed by atoms with E-state index in [0.29, 0.717) is 5.75 Å². The Labute approximate surface area is 180 Å². The summed E-state index contributed by atoms with van der Waals surface area (Å²) in [4.78, 5) is -0.612. The standard InChI is InChI=1S/C24H34O5S/c1-2-3-4-5-6-7-8-9-10-11-15-20-16-12-13-18-22(20)29-23-19-14-17-21(25)24(23)30(26,27)28/h12-14,16-19,25H,2-11,15H2,1H3,(H,26,27,28). The van der Waals surface area contributed by atoms with Crippen LogP contribution in [0.3, 0.4) is 0 Å². The average molecular weight is 435 g/mol. The summed E-state index contributed by atoms with van der Waals surface area (Å²) >= 11 is 0. The van der Waals surface area contributed by atoms with Crippen molar-refractivity contribution in [3.63, 3.8) is 0 Å². The van der Waals surface area contributed by atoms with Gasteiger partial charge in [-0.15, -0.1) is 0 Å². The molecule has 2 N–H and O–H groups in total. The first kappa shape index (κ1) is 24.2. The lowest BCUT2D eigenvalue weighted by Crippen LogP contribution is -2.02. The van der Waals surface area contributed by atoms with E-state index in [0.717, 1.165) is 24.8 Å². The van der Waals surface area contributed by atoms with E-state index in [9.17, 15) is 18.1 Å². The summed E-state index contributed by atoms with van der Waals surface area (Å²) in [7, 11) is -4.61. The fourth-order valence-electron chi connectivity index (χ4n) is 3.58. The van der Waals surface area contributed by atoms with Gasteiger partial charge in [-0.3, -0.25) is 4.55 Å². The third-order valence-electron chi connectivity index (χ3n) is 5.21. The third kappa shape index (κ3) is 8.00. The Hall–Kier alpha value is -2.05. The summed E-state index contributed by atoms with van der Waals surface area (Å²) < 4.78 is 38.5. The summed E-state index contributed by atoms with van der Waals surface area (Å²) in [6.45, 7) is 2.24. The molecule has 2 aromatic rings. The molecule has 0 aliphatic heterocycles. The minimum absolute atomic E-state index is 0.0898. The smallest absolute Gasteiger partial charge is 0.301 e. The zero-order valence-corrected chi connectivity index (χ0v) is 18.7. The number of rotatable bonds is 14. The van der Waals surface area contributed by atoms with E-state index in [1.165, 1.54) is 69.6 Å². The number of hydrogen-bond acceptors (Lipinski definition) is 4. The van der Waals surface area contributed by atoms with Gasteiger partial charge in [-0.1, -0.05) is 89.0 Å². The first-order valence-electron chi connectivity index (χ1n) is 11.0. The Bertz CT molecular complexity index is 877. The lowest BCUT2D eigenvalue weighted by atomic mass is 10.0. The zero-order valence-electron chi connectivity index (χ0n) is 17.8. The van der Waals surface area contributed by atoms with Crippen molar-refractivity contribution in [2.24, 2.45) is 0 Å². The molecule has 0 radical (unpaired) electrons. The minimum Gasteiger partial charge on any atom is -0.506 e. The van der Waals surface area contributed by atoms with Crippen LogP contribution >= 0.6 is 0 Å². The number of benzene rings is 2. The molecule has 0 spiro atoms. The molecule has 5 nitrogen and oxygen atoms in total. The van der Waals surface area contributed by atoms with Gasteiger partial charge in [-0.25, -0.2) is 0 Å². The molecular formula is C24H34O5S. The molecule has 0 amide bonds. The van der Waals surface area contributed by atoms with E-state index in [-0.39, 0.29) is 5.75 Å². The van der Waals surface area contributed by atoms with Gasteiger partial charge >= 0.3 is 10.1 Å². The van der Waals surface area contributed by atoms with Crippen molar-refractivity contribution >= 4 is 10.1 Å². The molecule has 2 aromatic carbocycles. The molecule has 0 aromatic heterocycles. The molecule has 0 heterocycles. The van der Waals surface area contributed by atoms with Crippen LogP contribution in [0.1, 0.15) is 76.7 Å². The summed E-state index contributed by atoms with van der Waals surface area (Å²) in [6.07, 6.45) is 13.5. The maximum absolute atomic E-state index is 11.6. The minimum atomic E-state index is -4.61. The van der Waals surface area contributed by atoms with Crippen molar-refractivity contribution in [2.45, 2.75) is 82.4 Å². The number of unbranched alkanes of at least 4 members (excludes halogenated alkanes) is 9. The van der Waals surface area contributed by atoms with Crippen LogP contribution in [0.15, 0.2) is 47.4 Å². The van der Waals surface area contributed by atoms with Gasteiger partial charge in [0.05, 0.1) is 0 Å². The van der Waals surface area contributed by atoms with Crippen LogP contribution in [-0.2, 0) is 16.5 Å². The molecule has 0 saturated carbocycles. The van der Waals surface area contributed by atoms with Crippen molar-refractivity contribution in [3.05, 3.63) is 48.0 Å². The van der Waals surface area contributed by atoms with Crippen LogP contribution in [-0.4, -0.2) is 18.1 Å². The van der Waals surface area contributed by atoms with Gasteiger partial charge in [0, 0.05) is 0 Å². The molecule has 166 valence electrons. The molecule has 2 rings (SSSR count). The fourth-order valence-corrected chi connectivity index (χ4v) is 4.27. The Balaban J connectivity index is 1.87. The van der Waals surface area contributed by atoms with Crippen LogP contribution in [0.5, 0.6) is 17.2 Å². The monoisotopic (exact) mass is 434 g/mol. The highest BCUT2D eigenvalue weighted by Gasteiger charge is 2.22. The van der Waals surface area contributed by atoms with Crippen molar-refractivity contribution in [1.82, 2.24) is 0 Å². The highest BCUT2D eigenvalue weighted by Crippen LogP contribution is 2.36. The Morgan fingerprint density at radius 2 is 1.33 bits per heavy atom. The maximum Gasteiger partial charge on any atom is 0.301 e. The van der Waals surface area contributed by atoms with Crippen LogP contribution < -0.4 is 4.74 Å². The predicted octanol–water partition coefficient (Wildman–Crippen LogP) is 6.89. The van der Waals surface area contributed by atoms with Crippen molar-refractivity contribution in [2.75, 3.05) is 0 Å². The van der Waals surface area contributed by atoms with E-state index in [1.807, 2.05) is 18.2 Å². The van der Waals surface area contributed by atoms with Crippen molar-refractivity contribution < 1.29 is 22.8 Å². The van der Waals surface area contributed by atoms with E-state index in [1.54, 1.807) is 6.07 Å². The SMILES string of the molecule is CCCCCCCCCCCCc1ccccc1Oc1cccc(O)c1S(=O)(=O)O. The molecule has 0 unspecified atom stereocenters. The van der Waals surface area contributed by atoms with E-state index >= 15 is 0 Å². The van der Waals surface area contributed by atoms with Crippen LogP contribution in [0.4, 0.5) is 0 Å². The highest BCUT2D eigenvalue weighted by molar-refractivity contribution is 7.86. The van der Waals surface area contributed by atoms with Crippen molar-refractivity contribution in [3.8, 4) is 17.2 Å². The van der Waals surface area contributed by atoms with Gasteiger partial charge in [0.1, 0.15) is 11.5 Å². The van der Waals surface area contributed by atoms with E-state index in [4.69, 9.17) is 4.74 Å². The lowest BCUT2D eigenvalue weighted by Gasteiger charge is -2.14. The summed E-state index contributed by atoms with van der Waals surface area (Å²) in [5, 5.41) is 9.86. The molecular weight excluding hydrogens is 400 g/mol. The molecule has 0 aliphatic carbocycles. The second kappa shape index (κ2) is 12.6. The molecule has 0 bridgehead atoms. The van der Waals surface area contributed by atoms with Crippen LogP contribution in [0, 0.1) is 0 Å². The first-order chi connectivity index (χ1) is 14.4. The molecule has 0 atom stereocenters. The topological polar surface area (TPSA) is 83.8 Å². The summed E-state index contributed by atoms with van der Waals surface area (Å²) in [6, 6.07) is 11.6. The number of aryl methyl sites for hydroxylation is 1. The molecule has 0 aliphatic rings. The Kier molecular flexibility index (Phi) is 10.2. The normalized spacial score (nSPS) is 11.5. The molecule has 0 fully saturated rings. The van der Waals surface area contributed by atoms with Gasteiger partial charge in [0.15, 0.2) is 10.6 Å². The largest absolute Gasteiger partial charge is 0.506 e. The lowest BCUT2D eigenvalue weighted by molar-refractivity contribution is 0.413. The second-order valence-electron chi connectivity index (χ2n) is 7.72. The predicted molar refractivity (Wildman–Crippen MR) is 120 cm³/mol. The number of hydrogen-bond donors (Lipinski definition) is 2. The Morgan fingerprint density at radius 1 is 0.767 bits per heavy atom. The number of phenolic OH excluding ortho intramolecular Hbond substituents is 1. The molecule has 0 saturated heterocycles. The Morgan fingerprint density at radius 3 is 1.97 bits per heavy atom. The number of para-hydroxylation sites is 1. The quantitative estimate of drug-likeness (QED) is 0.250. The van der Waals surface area contributed by atoms with Crippen molar-refractivity contribution in [1.29, 1.82) is 0 Å². The van der Waals surface area contributed by atoms with Crippen LogP contribution in [0.2, 0.25) is 0 Å². The van der Waals surface area contributed by atoms with Gasteiger partial charge in [0.2, 0.25) is 0 Å². The summed E-state index contributed by atoms with van der Waals surface area (Å²) in [5.74, 6) is -0.0980. The maximum atomic E-state index is 11.6. The number of ether oxygens (including phenoxy) is 1. The average Bonchev–Trinajstić information content (AvgIpc) is 2.69. The third-order valence-corrected chi connectivity index (χ3v) is 6.13. The second-order valence-corrected chi connectivity index (χ2v) is 9.08. The molecule has 6 heteroatoms. The molecule has 30 heavy (non-hydrogen) atoms. The van der Waals surface area contributed by atoms with Gasteiger partial charge in [-0.2, -0.15) is 8.42 Å². The van der Waals surface area contributed by atoms with Gasteiger partial charge in [0.25, 0.3) is 0 Å².